The molecule has 0 spiro atoms. The molecular formula is C18H14BrFN2O3S2. The number of sulfonamides is 1. The zero-order valence-corrected chi connectivity index (χ0v) is 17.0. The van der Waals surface area contributed by atoms with Crippen LogP contribution in [0.4, 0.5) is 15.8 Å². The van der Waals surface area contributed by atoms with Crippen LogP contribution in [-0.4, -0.2) is 20.9 Å². The van der Waals surface area contributed by atoms with Crippen molar-refractivity contribution in [1.82, 2.24) is 0 Å². The molecule has 0 aliphatic heterocycles. The number of carbonyl (C=O) groups is 1. The summed E-state index contributed by atoms with van der Waals surface area (Å²) >= 11 is 4.30. The lowest BCUT2D eigenvalue weighted by molar-refractivity contribution is -0.114. The third-order valence-corrected chi connectivity index (χ3v) is 7.18. The fourth-order valence-electron chi connectivity index (χ4n) is 2.37. The largest absolute Gasteiger partial charge is 0.324 e. The molecular weight excluding hydrogens is 455 g/mol. The van der Waals surface area contributed by atoms with Gasteiger partial charge in [-0.25, -0.2) is 12.8 Å². The summed E-state index contributed by atoms with van der Waals surface area (Å²) in [6.45, 7) is -0.562. The quantitative estimate of drug-likeness (QED) is 0.579. The second-order valence-corrected chi connectivity index (χ2v) is 9.41. The molecule has 27 heavy (non-hydrogen) atoms. The van der Waals surface area contributed by atoms with Gasteiger partial charge in [-0.05, 0) is 41.8 Å². The summed E-state index contributed by atoms with van der Waals surface area (Å²) in [5.41, 5.74) is 0.312. The Labute approximate surface area is 168 Å². The minimum atomic E-state index is -4.09. The highest BCUT2D eigenvalue weighted by atomic mass is 79.9. The number of nitrogens with zero attached hydrogens (tertiary/aromatic N) is 1. The fourth-order valence-corrected chi connectivity index (χ4v) is 5.30. The average molecular weight is 469 g/mol. The topological polar surface area (TPSA) is 66.5 Å². The summed E-state index contributed by atoms with van der Waals surface area (Å²) in [6.07, 6.45) is 0. The van der Waals surface area contributed by atoms with Crippen molar-refractivity contribution in [2.75, 3.05) is 16.2 Å². The van der Waals surface area contributed by atoms with E-state index in [-0.39, 0.29) is 9.90 Å². The van der Waals surface area contributed by atoms with E-state index in [0.717, 1.165) is 26.2 Å². The summed E-state index contributed by atoms with van der Waals surface area (Å²) in [5.74, 6) is -1.32. The number of nitrogens with one attached hydrogen (secondary N) is 1. The molecule has 0 aliphatic carbocycles. The van der Waals surface area contributed by atoms with Gasteiger partial charge in [0.15, 0.2) is 0 Å². The van der Waals surface area contributed by atoms with Crippen molar-refractivity contribution in [3.63, 3.8) is 0 Å². The maximum atomic E-state index is 14.3. The van der Waals surface area contributed by atoms with Crippen molar-refractivity contribution in [3.8, 4) is 0 Å². The Morgan fingerprint density at radius 2 is 1.89 bits per heavy atom. The first kappa shape index (κ1) is 19.5. The minimum Gasteiger partial charge on any atom is -0.324 e. The molecule has 1 heterocycles. The van der Waals surface area contributed by atoms with E-state index < -0.39 is 28.3 Å². The Morgan fingerprint density at radius 1 is 1.11 bits per heavy atom. The highest BCUT2D eigenvalue weighted by molar-refractivity contribution is 9.10. The van der Waals surface area contributed by atoms with Gasteiger partial charge in [0.05, 0.1) is 5.69 Å². The molecule has 0 bridgehead atoms. The molecule has 5 nitrogen and oxygen atoms in total. The van der Waals surface area contributed by atoms with E-state index in [9.17, 15) is 17.6 Å². The number of rotatable bonds is 6. The van der Waals surface area contributed by atoms with E-state index in [2.05, 4.69) is 21.2 Å². The van der Waals surface area contributed by atoms with Gasteiger partial charge in [0, 0.05) is 10.2 Å². The van der Waals surface area contributed by atoms with Crippen LogP contribution in [-0.2, 0) is 14.8 Å². The van der Waals surface area contributed by atoms with Crippen molar-refractivity contribution in [3.05, 3.63) is 76.3 Å². The van der Waals surface area contributed by atoms with Crippen LogP contribution in [0.5, 0.6) is 0 Å². The van der Waals surface area contributed by atoms with Crippen molar-refractivity contribution in [1.29, 1.82) is 0 Å². The van der Waals surface area contributed by atoms with Gasteiger partial charge in [0.1, 0.15) is 16.6 Å². The van der Waals surface area contributed by atoms with Crippen LogP contribution in [0.15, 0.2) is 74.7 Å². The van der Waals surface area contributed by atoms with Crippen LogP contribution in [0, 0.1) is 5.82 Å². The lowest BCUT2D eigenvalue weighted by Crippen LogP contribution is -2.38. The SMILES string of the molecule is O=C(CN(c1ccccc1F)S(=O)(=O)c1cccs1)Nc1cccc(Br)c1. The molecule has 3 aromatic rings. The number of hydrogen-bond acceptors (Lipinski definition) is 4. The summed E-state index contributed by atoms with van der Waals surface area (Å²) < 4.78 is 41.8. The summed E-state index contributed by atoms with van der Waals surface area (Å²) in [7, 11) is -4.09. The average Bonchev–Trinajstić information content (AvgIpc) is 3.16. The predicted octanol–water partition coefficient (Wildman–Crippen LogP) is 4.48. The second kappa shape index (κ2) is 8.20. The summed E-state index contributed by atoms with van der Waals surface area (Å²) in [6, 6.07) is 15.3. The van der Waals surface area contributed by atoms with Crippen LogP contribution >= 0.6 is 27.3 Å². The first-order valence-electron chi connectivity index (χ1n) is 7.74. The number of hydrogen-bond donors (Lipinski definition) is 1. The van der Waals surface area contributed by atoms with E-state index in [1.165, 1.54) is 24.3 Å². The predicted molar refractivity (Wildman–Crippen MR) is 108 cm³/mol. The molecule has 3 rings (SSSR count). The highest BCUT2D eigenvalue weighted by Gasteiger charge is 2.29. The normalized spacial score (nSPS) is 11.2. The van der Waals surface area contributed by atoms with Crippen LogP contribution < -0.4 is 9.62 Å². The van der Waals surface area contributed by atoms with Crippen molar-refractivity contribution in [2.24, 2.45) is 0 Å². The number of amides is 1. The second-order valence-electron chi connectivity index (χ2n) is 5.45. The van der Waals surface area contributed by atoms with Gasteiger partial charge < -0.3 is 5.32 Å². The number of para-hydroxylation sites is 1. The van der Waals surface area contributed by atoms with Crippen molar-refractivity contribution < 1.29 is 17.6 Å². The number of halogens is 2. The third kappa shape index (κ3) is 4.55. The summed E-state index contributed by atoms with van der Waals surface area (Å²) in [5, 5.41) is 4.23. The first-order valence-corrected chi connectivity index (χ1v) is 10.9. The van der Waals surface area contributed by atoms with Crippen LogP contribution in [0.2, 0.25) is 0 Å². The first-order chi connectivity index (χ1) is 12.9. The zero-order chi connectivity index (χ0) is 19.4. The zero-order valence-electron chi connectivity index (χ0n) is 13.8. The fraction of sp³-hybridized carbons (Fsp3) is 0.0556. The lowest BCUT2D eigenvalue weighted by atomic mass is 10.3. The molecule has 0 aliphatic rings. The van der Waals surface area contributed by atoms with Crippen molar-refractivity contribution in [2.45, 2.75) is 4.21 Å². The lowest BCUT2D eigenvalue weighted by Gasteiger charge is -2.23. The Morgan fingerprint density at radius 3 is 2.56 bits per heavy atom. The minimum absolute atomic E-state index is 0.0287. The van der Waals surface area contributed by atoms with Gasteiger partial charge >= 0.3 is 0 Å². The molecule has 2 aromatic carbocycles. The monoisotopic (exact) mass is 468 g/mol. The number of anilines is 2. The smallest absolute Gasteiger partial charge is 0.274 e. The maximum absolute atomic E-state index is 14.3. The van der Waals surface area contributed by atoms with Gasteiger partial charge in [-0.3, -0.25) is 9.10 Å². The van der Waals surface area contributed by atoms with Gasteiger partial charge in [-0.15, -0.1) is 11.3 Å². The van der Waals surface area contributed by atoms with E-state index in [0.29, 0.717) is 5.69 Å². The van der Waals surface area contributed by atoms with Crippen molar-refractivity contribution >= 4 is 54.6 Å². The van der Waals surface area contributed by atoms with Crippen LogP contribution in [0.3, 0.4) is 0 Å². The molecule has 0 atom stereocenters. The molecule has 0 fully saturated rings. The maximum Gasteiger partial charge on any atom is 0.274 e. The molecule has 0 radical (unpaired) electrons. The van der Waals surface area contributed by atoms with Gasteiger partial charge in [-0.1, -0.05) is 40.2 Å². The Bertz CT molecular complexity index is 1060. The third-order valence-electron chi connectivity index (χ3n) is 3.56. The molecule has 1 aromatic heterocycles. The molecule has 1 N–H and O–H groups in total. The highest BCUT2D eigenvalue weighted by Crippen LogP contribution is 2.28. The van der Waals surface area contributed by atoms with Gasteiger partial charge in [0.2, 0.25) is 5.91 Å². The molecule has 1 amide bonds. The van der Waals surface area contributed by atoms with E-state index in [4.69, 9.17) is 0 Å². The standard InChI is InChI=1S/C18H14BrFN2O3S2/c19-13-5-3-6-14(11-13)21-17(23)12-22(16-8-2-1-7-15(16)20)27(24,25)18-9-4-10-26-18/h1-11H,12H2,(H,21,23). The molecule has 0 saturated carbocycles. The Balaban J connectivity index is 1.93. The number of benzene rings is 2. The van der Waals surface area contributed by atoms with Gasteiger partial charge in [0.25, 0.3) is 10.0 Å². The van der Waals surface area contributed by atoms with E-state index in [1.807, 2.05) is 0 Å². The molecule has 9 heteroatoms. The summed E-state index contributed by atoms with van der Waals surface area (Å²) in [4.78, 5) is 12.5. The van der Waals surface area contributed by atoms with E-state index in [1.54, 1.807) is 35.7 Å². The Kier molecular flexibility index (Phi) is 5.93. The van der Waals surface area contributed by atoms with Gasteiger partial charge in [-0.2, -0.15) is 0 Å². The molecule has 140 valence electrons. The molecule has 0 unspecified atom stereocenters. The van der Waals surface area contributed by atoms with E-state index >= 15 is 0 Å². The number of thiophene rings is 1. The molecule has 0 saturated heterocycles. The Hall–Kier alpha value is -2.23. The van der Waals surface area contributed by atoms with Crippen LogP contribution in [0.25, 0.3) is 0 Å². The number of carbonyl (C=O) groups excluding carboxylic acids is 1. The van der Waals surface area contributed by atoms with Crippen LogP contribution in [0.1, 0.15) is 0 Å².